The first-order valence-corrected chi connectivity index (χ1v) is 17.1. The van der Waals surface area contributed by atoms with Crippen molar-refractivity contribution in [2.75, 3.05) is 44.7 Å². The van der Waals surface area contributed by atoms with E-state index in [1.807, 2.05) is 46.0 Å². The van der Waals surface area contributed by atoms with Crippen LogP contribution in [0.25, 0.3) is 32.9 Å². The zero-order valence-corrected chi connectivity index (χ0v) is 28.9. The molecule has 1 amide bonds. The molecule has 2 aromatic heterocycles. The van der Waals surface area contributed by atoms with E-state index in [1.54, 1.807) is 4.90 Å². The standard InChI is InChI=1S/C35H44ClN7O4/c1-20-9-12-27-25(17-37-40-27)28(20)29-26(36)16-24-30(31(29)46-23-10-11-23)38-33(45-19-22-8-7-13-41(22)6)39-32(24)42-14-15-43(21(2)18-42)34(44)47-35(3,4)5/h9,12,16-17,21-23H,7-8,10-11,13-15,18-19H2,1-6H3,(H,37,40)/t21-,22-/m0/s1. The summed E-state index contributed by atoms with van der Waals surface area (Å²) in [6.45, 7) is 12.9. The number of aromatic nitrogens is 4. The maximum atomic E-state index is 13.0. The monoisotopic (exact) mass is 661 g/mol. The lowest BCUT2D eigenvalue weighted by Crippen LogP contribution is -2.55. The highest BCUT2D eigenvalue weighted by Gasteiger charge is 2.35. The minimum Gasteiger partial charge on any atom is -0.487 e. The number of aromatic amines is 1. The van der Waals surface area contributed by atoms with Crippen LogP contribution in [0.4, 0.5) is 10.6 Å². The average molecular weight is 662 g/mol. The van der Waals surface area contributed by atoms with E-state index < -0.39 is 5.60 Å². The number of hydrogen-bond donors (Lipinski definition) is 1. The number of nitrogens with one attached hydrogen (secondary N) is 1. The highest BCUT2D eigenvalue weighted by Crippen LogP contribution is 2.49. The number of likely N-dealkylation sites (N-methyl/N-ethyl adjacent to an activating group) is 1. The number of halogens is 1. The normalized spacial score (nSPS) is 20.7. The van der Waals surface area contributed by atoms with Gasteiger partial charge >= 0.3 is 12.1 Å². The summed E-state index contributed by atoms with van der Waals surface area (Å²) >= 11 is 7.26. The Labute approximate surface area is 280 Å². The van der Waals surface area contributed by atoms with E-state index in [1.165, 1.54) is 0 Å². The predicted molar refractivity (Wildman–Crippen MR) is 184 cm³/mol. The summed E-state index contributed by atoms with van der Waals surface area (Å²) in [6, 6.07) is 6.56. The number of carbonyl (C=O) groups excluding carboxylic acids is 1. The molecule has 0 radical (unpaired) electrons. The lowest BCUT2D eigenvalue weighted by atomic mass is 9.94. The second-order valence-corrected chi connectivity index (χ2v) is 14.7. The number of carbonyl (C=O) groups is 1. The molecule has 12 heteroatoms. The van der Waals surface area contributed by atoms with Crippen LogP contribution in [0.1, 0.15) is 58.9 Å². The van der Waals surface area contributed by atoms with Gasteiger partial charge in [0.15, 0.2) is 5.75 Å². The molecule has 1 saturated carbocycles. The quantitative estimate of drug-likeness (QED) is 0.234. The number of anilines is 1. The molecule has 2 atom stereocenters. The number of hydrogen-bond acceptors (Lipinski definition) is 9. The Hall–Kier alpha value is -3.83. The van der Waals surface area contributed by atoms with Crippen molar-refractivity contribution in [1.82, 2.24) is 30.0 Å². The Kier molecular flexibility index (Phi) is 8.32. The van der Waals surface area contributed by atoms with Crippen molar-refractivity contribution in [3.63, 3.8) is 0 Å². The SMILES string of the molecule is Cc1ccc2[nH]ncc2c1-c1c(Cl)cc2c(N3CCN(C(=O)OC(C)(C)C)[C@@H](C)C3)nc(OC[C@@H]3CCCN3C)nc2c1OC1CC1. The van der Waals surface area contributed by atoms with Crippen molar-refractivity contribution in [2.24, 2.45) is 0 Å². The van der Waals surface area contributed by atoms with Crippen LogP contribution in [-0.4, -0.2) is 99.7 Å². The molecule has 11 nitrogen and oxygen atoms in total. The fraction of sp³-hybridized carbons (Fsp3) is 0.543. The van der Waals surface area contributed by atoms with E-state index in [-0.39, 0.29) is 18.2 Å². The number of aryl methyl sites for hydroxylation is 1. The Balaban J connectivity index is 1.35. The van der Waals surface area contributed by atoms with Crippen molar-refractivity contribution in [1.29, 1.82) is 0 Å². The highest BCUT2D eigenvalue weighted by molar-refractivity contribution is 6.35. The molecule has 0 unspecified atom stereocenters. The number of H-pyrrole nitrogens is 1. The number of fused-ring (bicyclic) bond motifs is 2. The lowest BCUT2D eigenvalue weighted by Gasteiger charge is -2.41. The average Bonchev–Trinajstić information content (AvgIpc) is 3.53. The lowest BCUT2D eigenvalue weighted by molar-refractivity contribution is 0.0158. The molecular formula is C35H44ClN7O4. The van der Waals surface area contributed by atoms with Crippen molar-refractivity contribution in [2.45, 2.75) is 84.1 Å². The Morgan fingerprint density at radius 3 is 2.60 bits per heavy atom. The van der Waals surface area contributed by atoms with Crippen LogP contribution in [0.5, 0.6) is 11.8 Å². The van der Waals surface area contributed by atoms with Gasteiger partial charge in [-0.15, -0.1) is 0 Å². The molecule has 1 aliphatic carbocycles. The number of likely N-dealkylation sites (tertiary alicyclic amines) is 1. The number of rotatable bonds is 7. The van der Waals surface area contributed by atoms with Gasteiger partial charge in [-0.1, -0.05) is 17.7 Å². The molecular weight excluding hydrogens is 618 g/mol. The predicted octanol–water partition coefficient (Wildman–Crippen LogP) is 6.59. The van der Waals surface area contributed by atoms with Gasteiger partial charge in [-0.2, -0.15) is 15.1 Å². The molecule has 4 aromatic rings. The molecule has 7 rings (SSSR count). The van der Waals surface area contributed by atoms with E-state index in [0.29, 0.717) is 60.4 Å². The fourth-order valence-corrected chi connectivity index (χ4v) is 7.03. The maximum Gasteiger partial charge on any atom is 0.410 e. The minimum atomic E-state index is -0.567. The number of amides is 1. The van der Waals surface area contributed by atoms with Crippen LogP contribution in [0.15, 0.2) is 24.4 Å². The Morgan fingerprint density at radius 1 is 1.09 bits per heavy atom. The van der Waals surface area contributed by atoms with Gasteiger partial charge in [0.25, 0.3) is 0 Å². The van der Waals surface area contributed by atoms with Crippen molar-refractivity contribution >= 4 is 45.3 Å². The van der Waals surface area contributed by atoms with Gasteiger partial charge in [-0.25, -0.2) is 4.79 Å². The van der Waals surface area contributed by atoms with Crippen LogP contribution in [0.3, 0.4) is 0 Å². The molecule has 0 bridgehead atoms. The van der Waals surface area contributed by atoms with Gasteiger partial charge in [-0.05, 0) is 91.6 Å². The molecule has 2 saturated heterocycles. The van der Waals surface area contributed by atoms with Crippen molar-refractivity contribution < 1.29 is 19.0 Å². The molecule has 2 aliphatic heterocycles. The van der Waals surface area contributed by atoms with Gasteiger partial charge in [0.1, 0.15) is 23.5 Å². The summed E-state index contributed by atoms with van der Waals surface area (Å²) in [5, 5.41) is 9.72. The molecule has 1 N–H and O–H groups in total. The summed E-state index contributed by atoms with van der Waals surface area (Å²) in [7, 11) is 2.13. The molecule has 47 heavy (non-hydrogen) atoms. The van der Waals surface area contributed by atoms with Gasteiger partial charge in [0.2, 0.25) is 0 Å². The number of piperazine rings is 1. The molecule has 4 heterocycles. The van der Waals surface area contributed by atoms with Gasteiger partial charge in [-0.3, -0.25) is 5.10 Å². The largest absolute Gasteiger partial charge is 0.487 e. The van der Waals surface area contributed by atoms with Crippen LogP contribution < -0.4 is 14.4 Å². The van der Waals surface area contributed by atoms with E-state index in [0.717, 1.165) is 65.2 Å². The summed E-state index contributed by atoms with van der Waals surface area (Å²) in [6.07, 6.45) is 5.79. The molecule has 3 fully saturated rings. The van der Waals surface area contributed by atoms with Crippen LogP contribution in [-0.2, 0) is 4.74 Å². The maximum absolute atomic E-state index is 13.0. The smallest absolute Gasteiger partial charge is 0.410 e. The molecule has 250 valence electrons. The number of nitrogens with zero attached hydrogens (tertiary/aromatic N) is 6. The third kappa shape index (κ3) is 6.39. The van der Waals surface area contributed by atoms with Crippen LogP contribution >= 0.6 is 11.6 Å². The van der Waals surface area contributed by atoms with Crippen LogP contribution in [0.2, 0.25) is 5.02 Å². The zero-order chi connectivity index (χ0) is 33.0. The molecule has 3 aliphatic rings. The first kappa shape index (κ1) is 31.8. The minimum absolute atomic E-state index is 0.0894. The van der Waals surface area contributed by atoms with Crippen molar-refractivity contribution in [3.8, 4) is 22.9 Å². The van der Waals surface area contributed by atoms with Gasteiger partial charge < -0.3 is 28.9 Å². The summed E-state index contributed by atoms with van der Waals surface area (Å²) in [5.74, 6) is 1.35. The molecule has 2 aromatic carbocycles. The highest BCUT2D eigenvalue weighted by atomic mass is 35.5. The summed E-state index contributed by atoms with van der Waals surface area (Å²) in [4.78, 5) is 29.4. The third-order valence-electron chi connectivity index (χ3n) is 9.38. The topological polar surface area (TPSA) is 109 Å². The summed E-state index contributed by atoms with van der Waals surface area (Å²) < 4.78 is 18.8. The second-order valence-electron chi connectivity index (χ2n) is 14.3. The molecule has 0 spiro atoms. The number of ether oxygens (including phenoxy) is 3. The second kappa shape index (κ2) is 12.3. The van der Waals surface area contributed by atoms with Crippen molar-refractivity contribution in [3.05, 3.63) is 35.0 Å². The Morgan fingerprint density at radius 2 is 1.89 bits per heavy atom. The summed E-state index contributed by atoms with van der Waals surface area (Å²) in [5.41, 5.74) is 3.84. The van der Waals surface area contributed by atoms with E-state index in [9.17, 15) is 4.79 Å². The van der Waals surface area contributed by atoms with E-state index in [4.69, 9.17) is 35.8 Å². The van der Waals surface area contributed by atoms with E-state index in [2.05, 4.69) is 40.0 Å². The fourth-order valence-electron chi connectivity index (χ4n) is 6.74. The number of benzene rings is 2. The Bertz CT molecular complexity index is 1820. The third-order valence-corrected chi connectivity index (χ3v) is 9.68. The van der Waals surface area contributed by atoms with Crippen LogP contribution in [0, 0.1) is 6.92 Å². The van der Waals surface area contributed by atoms with E-state index >= 15 is 0 Å². The van der Waals surface area contributed by atoms with Gasteiger partial charge in [0.05, 0.1) is 22.8 Å². The first-order chi connectivity index (χ1) is 22.5. The zero-order valence-electron chi connectivity index (χ0n) is 28.1. The van der Waals surface area contributed by atoms with Gasteiger partial charge in [0, 0.05) is 53.6 Å². The first-order valence-electron chi connectivity index (χ1n) is 16.7.